The molecular weight excluding hydrogens is 266 g/mol. The first-order chi connectivity index (χ1) is 10.0. The predicted octanol–water partition coefficient (Wildman–Crippen LogP) is 1.65. The highest BCUT2D eigenvalue weighted by Crippen LogP contribution is 2.16. The molecule has 0 radical (unpaired) electrons. The quantitative estimate of drug-likeness (QED) is 0.789. The Labute approximate surface area is 125 Å². The molecule has 0 spiro atoms. The summed E-state index contributed by atoms with van der Waals surface area (Å²) in [6, 6.07) is 7.92. The Morgan fingerprint density at radius 1 is 1.29 bits per heavy atom. The van der Waals surface area contributed by atoms with Crippen LogP contribution in [0.15, 0.2) is 24.3 Å². The van der Waals surface area contributed by atoms with Gasteiger partial charge >= 0.3 is 0 Å². The lowest BCUT2D eigenvalue weighted by atomic mass is 9.92. The normalized spacial score (nSPS) is 21.6. The summed E-state index contributed by atoms with van der Waals surface area (Å²) >= 11 is 0. The summed E-state index contributed by atoms with van der Waals surface area (Å²) in [5, 5.41) is 9.06. The van der Waals surface area contributed by atoms with E-state index in [1.54, 1.807) is 0 Å². The van der Waals surface area contributed by atoms with Gasteiger partial charge in [-0.05, 0) is 44.0 Å². The molecule has 0 aromatic heterocycles. The van der Waals surface area contributed by atoms with Gasteiger partial charge in [-0.15, -0.1) is 0 Å². The summed E-state index contributed by atoms with van der Waals surface area (Å²) in [5.41, 5.74) is 1.80. The van der Waals surface area contributed by atoms with Gasteiger partial charge in [-0.3, -0.25) is 9.59 Å². The van der Waals surface area contributed by atoms with Crippen LogP contribution in [0.25, 0.3) is 0 Å². The Balaban J connectivity index is 1.82. The number of hydrogen-bond acceptors (Lipinski definition) is 3. The first kappa shape index (κ1) is 15.5. The third-order valence-electron chi connectivity index (χ3n) is 3.74. The summed E-state index contributed by atoms with van der Waals surface area (Å²) in [6.07, 6.45) is 1.80. The smallest absolute Gasteiger partial charge is 0.223 e. The average Bonchev–Trinajstić information content (AvgIpc) is 2.45. The van der Waals surface area contributed by atoms with Gasteiger partial charge in [0.1, 0.15) is 0 Å². The van der Waals surface area contributed by atoms with E-state index in [-0.39, 0.29) is 17.7 Å². The summed E-state index contributed by atoms with van der Waals surface area (Å²) in [7, 11) is 0. The molecular formula is C16H23N3O2. The summed E-state index contributed by atoms with van der Waals surface area (Å²) in [4.78, 5) is 23.1. The lowest BCUT2D eigenvalue weighted by Gasteiger charge is -2.27. The fraction of sp³-hybridized carbons (Fsp3) is 0.500. The fourth-order valence-electron chi connectivity index (χ4n) is 2.61. The predicted molar refractivity (Wildman–Crippen MR) is 82.8 cm³/mol. The molecule has 114 valence electrons. The molecule has 0 aliphatic carbocycles. The van der Waals surface area contributed by atoms with Gasteiger partial charge in [-0.25, -0.2) is 0 Å². The van der Waals surface area contributed by atoms with Gasteiger partial charge in [-0.1, -0.05) is 12.1 Å². The molecule has 0 bridgehead atoms. The lowest BCUT2D eigenvalue weighted by Crippen LogP contribution is -2.42. The Hall–Kier alpha value is -1.88. The van der Waals surface area contributed by atoms with Crippen LogP contribution in [0.4, 0.5) is 5.69 Å². The van der Waals surface area contributed by atoms with Crippen molar-refractivity contribution in [2.45, 2.75) is 39.3 Å². The number of amides is 2. The monoisotopic (exact) mass is 289 g/mol. The molecule has 21 heavy (non-hydrogen) atoms. The zero-order valence-corrected chi connectivity index (χ0v) is 12.6. The Morgan fingerprint density at radius 2 is 2.00 bits per heavy atom. The molecule has 0 unspecified atom stereocenters. The molecule has 1 aliphatic rings. The Morgan fingerprint density at radius 3 is 2.62 bits per heavy atom. The van der Waals surface area contributed by atoms with Crippen molar-refractivity contribution in [1.82, 2.24) is 10.6 Å². The third kappa shape index (κ3) is 4.86. The number of nitrogens with one attached hydrogen (secondary N) is 3. The van der Waals surface area contributed by atoms with Crippen LogP contribution >= 0.6 is 0 Å². The van der Waals surface area contributed by atoms with E-state index in [1.807, 2.05) is 24.3 Å². The molecule has 5 nitrogen and oxygen atoms in total. The first-order valence-electron chi connectivity index (χ1n) is 7.42. The molecule has 1 heterocycles. The van der Waals surface area contributed by atoms with Gasteiger partial charge in [0.25, 0.3) is 0 Å². The van der Waals surface area contributed by atoms with Crippen molar-refractivity contribution < 1.29 is 9.59 Å². The minimum atomic E-state index is -0.0870. The van der Waals surface area contributed by atoms with Crippen LogP contribution in [-0.4, -0.2) is 24.4 Å². The second-order valence-corrected chi connectivity index (χ2v) is 5.67. The maximum atomic E-state index is 12.1. The van der Waals surface area contributed by atoms with Gasteiger partial charge < -0.3 is 16.0 Å². The van der Waals surface area contributed by atoms with Crippen molar-refractivity contribution in [1.29, 1.82) is 0 Å². The summed E-state index contributed by atoms with van der Waals surface area (Å²) < 4.78 is 0. The van der Waals surface area contributed by atoms with E-state index in [0.29, 0.717) is 12.6 Å². The van der Waals surface area contributed by atoms with E-state index in [1.165, 1.54) is 6.92 Å². The van der Waals surface area contributed by atoms with Gasteiger partial charge in [0.05, 0.1) is 0 Å². The number of benzene rings is 1. The van der Waals surface area contributed by atoms with Crippen molar-refractivity contribution in [2.24, 2.45) is 5.92 Å². The molecule has 0 saturated carbocycles. The first-order valence-corrected chi connectivity index (χ1v) is 7.42. The maximum Gasteiger partial charge on any atom is 0.223 e. The van der Waals surface area contributed by atoms with Crippen molar-refractivity contribution in [3.8, 4) is 0 Å². The van der Waals surface area contributed by atoms with Gasteiger partial charge in [0.15, 0.2) is 0 Å². The Bertz CT molecular complexity index is 499. The molecule has 1 fully saturated rings. The Kier molecular flexibility index (Phi) is 5.33. The van der Waals surface area contributed by atoms with Crippen LogP contribution in [0.5, 0.6) is 0 Å². The molecule has 2 atom stereocenters. The van der Waals surface area contributed by atoms with Crippen LogP contribution in [0.2, 0.25) is 0 Å². The number of anilines is 1. The van der Waals surface area contributed by atoms with E-state index >= 15 is 0 Å². The molecule has 1 saturated heterocycles. The fourth-order valence-corrected chi connectivity index (χ4v) is 2.61. The highest BCUT2D eigenvalue weighted by Gasteiger charge is 2.24. The van der Waals surface area contributed by atoms with Crippen molar-refractivity contribution in [3.05, 3.63) is 29.8 Å². The molecule has 2 rings (SSSR count). The molecule has 2 amide bonds. The zero-order chi connectivity index (χ0) is 15.2. The molecule has 1 aromatic rings. The summed E-state index contributed by atoms with van der Waals surface area (Å²) in [5.74, 6) is 0.158. The van der Waals surface area contributed by atoms with Crippen LogP contribution in [0, 0.1) is 5.92 Å². The van der Waals surface area contributed by atoms with Gasteiger partial charge in [-0.2, -0.15) is 0 Å². The second kappa shape index (κ2) is 7.22. The molecule has 1 aliphatic heterocycles. The van der Waals surface area contributed by atoms with E-state index in [2.05, 4.69) is 22.9 Å². The highest BCUT2D eigenvalue weighted by atomic mass is 16.2. The number of piperidine rings is 1. The number of rotatable bonds is 4. The largest absolute Gasteiger partial charge is 0.352 e. The maximum absolute atomic E-state index is 12.1. The van der Waals surface area contributed by atoms with Gasteiger partial charge in [0.2, 0.25) is 11.8 Å². The number of hydrogen-bond donors (Lipinski definition) is 3. The van der Waals surface area contributed by atoms with Crippen LogP contribution < -0.4 is 16.0 Å². The van der Waals surface area contributed by atoms with Crippen molar-refractivity contribution in [3.63, 3.8) is 0 Å². The number of carbonyl (C=O) groups is 2. The van der Waals surface area contributed by atoms with Crippen molar-refractivity contribution in [2.75, 3.05) is 11.9 Å². The lowest BCUT2D eigenvalue weighted by molar-refractivity contribution is -0.126. The van der Waals surface area contributed by atoms with E-state index in [4.69, 9.17) is 0 Å². The minimum absolute atomic E-state index is 0.0870. The standard InChI is InChI=1S/C16H23N3O2/c1-11-9-14(7-8-17-11)16(21)18-10-13-3-5-15(6-4-13)19-12(2)20/h3-6,11,14,17H,7-10H2,1-2H3,(H,18,21)(H,19,20)/t11-,14-/m0/s1. The SMILES string of the molecule is CC(=O)Nc1ccc(CNC(=O)[C@H]2CCN[C@@H](C)C2)cc1. The highest BCUT2D eigenvalue weighted by molar-refractivity contribution is 5.88. The average molecular weight is 289 g/mol. The van der Waals surface area contributed by atoms with E-state index in [9.17, 15) is 9.59 Å². The molecule has 3 N–H and O–H groups in total. The van der Waals surface area contributed by atoms with Crippen LogP contribution in [-0.2, 0) is 16.1 Å². The minimum Gasteiger partial charge on any atom is -0.352 e. The molecule has 5 heteroatoms. The number of carbonyl (C=O) groups excluding carboxylic acids is 2. The van der Waals surface area contributed by atoms with Gasteiger partial charge in [0, 0.05) is 31.1 Å². The van der Waals surface area contributed by atoms with E-state index < -0.39 is 0 Å². The van der Waals surface area contributed by atoms with Crippen molar-refractivity contribution >= 4 is 17.5 Å². The molecule has 1 aromatic carbocycles. The zero-order valence-electron chi connectivity index (χ0n) is 12.6. The summed E-state index contributed by atoms with van der Waals surface area (Å²) in [6.45, 7) is 5.02. The van der Waals surface area contributed by atoms with Crippen LogP contribution in [0.3, 0.4) is 0 Å². The van der Waals surface area contributed by atoms with Crippen LogP contribution in [0.1, 0.15) is 32.3 Å². The van der Waals surface area contributed by atoms with E-state index in [0.717, 1.165) is 30.6 Å². The second-order valence-electron chi connectivity index (χ2n) is 5.67. The topological polar surface area (TPSA) is 70.2 Å². The third-order valence-corrected chi connectivity index (χ3v) is 3.74.